The molecule has 0 saturated carbocycles. The molecule has 1 heterocycles. The number of para-hydroxylation sites is 2. The summed E-state index contributed by atoms with van der Waals surface area (Å²) in [5, 5.41) is 9.24. The first-order valence-electron chi connectivity index (χ1n) is 8.78. The van der Waals surface area contributed by atoms with E-state index >= 15 is 0 Å². The molecule has 0 aliphatic carbocycles. The second kappa shape index (κ2) is 8.03. The summed E-state index contributed by atoms with van der Waals surface area (Å²) in [4.78, 5) is 17.1. The van der Waals surface area contributed by atoms with Crippen molar-refractivity contribution in [2.24, 2.45) is 5.92 Å². The summed E-state index contributed by atoms with van der Waals surface area (Å²) in [6.07, 6.45) is 1.02. The quantitative estimate of drug-likeness (QED) is 0.830. The van der Waals surface area contributed by atoms with Gasteiger partial charge in [0.05, 0.1) is 11.1 Å². The Morgan fingerprint density at radius 1 is 1.19 bits per heavy atom. The number of amides is 1. The summed E-state index contributed by atoms with van der Waals surface area (Å²) in [5.41, 5.74) is 0.979. The molecule has 3 rings (SSSR count). The third kappa shape index (κ3) is 4.04. The summed E-state index contributed by atoms with van der Waals surface area (Å²) < 4.78 is 5.93. The van der Waals surface area contributed by atoms with Crippen LogP contribution in [-0.2, 0) is 0 Å². The highest BCUT2D eigenvalue weighted by Crippen LogP contribution is 2.29. The minimum absolute atomic E-state index is 0.0173. The van der Waals surface area contributed by atoms with Crippen LogP contribution < -0.4 is 4.74 Å². The van der Waals surface area contributed by atoms with Gasteiger partial charge in [-0.2, -0.15) is 5.26 Å². The summed E-state index contributed by atoms with van der Waals surface area (Å²) in [7, 11) is 4.11. The average Bonchev–Trinajstić information content (AvgIpc) is 3.10. The fourth-order valence-electron chi connectivity index (χ4n) is 3.35. The Kier molecular flexibility index (Phi) is 5.55. The molecule has 1 unspecified atom stereocenters. The number of likely N-dealkylation sites (tertiary alicyclic amines) is 1. The van der Waals surface area contributed by atoms with Gasteiger partial charge >= 0.3 is 0 Å². The Morgan fingerprint density at radius 3 is 2.62 bits per heavy atom. The zero-order valence-electron chi connectivity index (χ0n) is 15.2. The van der Waals surface area contributed by atoms with Crippen LogP contribution in [-0.4, -0.2) is 49.4 Å². The van der Waals surface area contributed by atoms with Crippen LogP contribution >= 0.6 is 0 Å². The molecule has 0 N–H and O–H groups in total. The van der Waals surface area contributed by atoms with E-state index in [0.717, 1.165) is 26.1 Å². The van der Waals surface area contributed by atoms with Crippen molar-refractivity contribution in [1.29, 1.82) is 5.26 Å². The van der Waals surface area contributed by atoms with E-state index in [-0.39, 0.29) is 5.91 Å². The molecular formula is C21H23N3O2. The zero-order chi connectivity index (χ0) is 18.5. The highest BCUT2D eigenvalue weighted by atomic mass is 16.5. The maximum Gasteiger partial charge on any atom is 0.257 e. The van der Waals surface area contributed by atoms with Gasteiger partial charge in [-0.05, 0) is 50.7 Å². The minimum Gasteiger partial charge on any atom is -0.455 e. The van der Waals surface area contributed by atoms with Crippen molar-refractivity contribution in [1.82, 2.24) is 9.80 Å². The molecule has 5 nitrogen and oxygen atoms in total. The van der Waals surface area contributed by atoms with Crippen molar-refractivity contribution in [2.75, 3.05) is 33.7 Å². The van der Waals surface area contributed by atoms with Crippen LogP contribution in [0.5, 0.6) is 11.5 Å². The molecule has 1 amide bonds. The van der Waals surface area contributed by atoms with Crippen LogP contribution in [0.15, 0.2) is 48.5 Å². The molecule has 0 radical (unpaired) electrons. The van der Waals surface area contributed by atoms with Crippen LogP contribution in [0.3, 0.4) is 0 Å². The Bertz CT molecular complexity index is 826. The van der Waals surface area contributed by atoms with E-state index < -0.39 is 0 Å². The molecule has 1 aliphatic heterocycles. The fourth-order valence-corrected chi connectivity index (χ4v) is 3.35. The maximum absolute atomic E-state index is 13.0. The SMILES string of the molecule is CN(C)CC1CCN(C(=O)c2ccccc2Oc2ccccc2C#N)C1. The lowest BCUT2D eigenvalue weighted by atomic mass is 10.1. The van der Waals surface area contributed by atoms with Crippen molar-refractivity contribution in [3.05, 3.63) is 59.7 Å². The summed E-state index contributed by atoms with van der Waals surface area (Å²) in [6, 6.07) is 16.4. The first-order valence-corrected chi connectivity index (χ1v) is 8.78. The van der Waals surface area contributed by atoms with Crippen molar-refractivity contribution < 1.29 is 9.53 Å². The lowest BCUT2D eigenvalue weighted by Gasteiger charge is -2.20. The highest BCUT2D eigenvalue weighted by Gasteiger charge is 2.28. The zero-order valence-corrected chi connectivity index (χ0v) is 15.2. The van der Waals surface area contributed by atoms with Gasteiger partial charge in [0, 0.05) is 19.6 Å². The number of carbonyl (C=O) groups is 1. The predicted molar refractivity (Wildman–Crippen MR) is 100 cm³/mol. The van der Waals surface area contributed by atoms with E-state index in [9.17, 15) is 10.1 Å². The van der Waals surface area contributed by atoms with Crippen molar-refractivity contribution in [3.63, 3.8) is 0 Å². The van der Waals surface area contributed by atoms with E-state index in [2.05, 4.69) is 25.1 Å². The monoisotopic (exact) mass is 349 g/mol. The van der Waals surface area contributed by atoms with E-state index in [4.69, 9.17) is 4.74 Å². The van der Waals surface area contributed by atoms with Gasteiger partial charge in [-0.1, -0.05) is 24.3 Å². The van der Waals surface area contributed by atoms with E-state index in [1.54, 1.807) is 30.3 Å². The van der Waals surface area contributed by atoms with Crippen LogP contribution in [0.1, 0.15) is 22.3 Å². The average molecular weight is 349 g/mol. The van der Waals surface area contributed by atoms with Gasteiger partial charge in [0.2, 0.25) is 0 Å². The number of rotatable bonds is 5. The summed E-state index contributed by atoms with van der Waals surface area (Å²) in [6.45, 7) is 2.51. The van der Waals surface area contributed by atoms with Crippen LogP contribution in [0.2, 0.25) is 0 Å². The molecule has 26 heavy (non-hydrogen) atoms. The summed E-state index contributed by atoms with van der Waals surface area (Å²) in [5.74, 6) is 1.43. The number of nitriles is 1. The van der Waals surface area contributed by atoms with Gasteiger partial charge in [0.15, 0.2) is 0 Å². The second-order valence-electron chi connectivity index (χ2n) is 6.87. The largest absolute Gasteiger partial charge is 0.455 e. The van der Waals surface area contributed by atoms with Gasteiger partial charge in [-0.3, -0.25) is 4.79 Å². The highest BCUT2D eigenvalue weighted by molar-refractivity contribution is 5.97. The number of hydrogen-bond donors (Lipinski definition) is 0. The number of hydrogen-bond acceptors (Lipinski definition) is 4. The standard InChI is InChI=1S/C21H23N3O2/c1-23(2)14-16-11-12-24(15-16)21(25)18-8-4-6-10-20(18)26-19-9-5-3-7-17(19)13-22/h3-10,16H,11-12,14-15H2,1-2H3. The Hall–Kier alpha value is -2.84. The van der Waals surface area contributed by atoms with Gasteiger partial charge in [-0.15, -0.1) is 0 Å². The Morgan fingerprint density at radius 2 is 1.88 bits per heavy atom. The second-order valence-corrected chi connectivity index (χ2v) is 6.87. The number of ether oxygens (including phenoxy) is 1. The van der Waals surface area contributed by atoms with E-state index in [1.165, 1.54) is 0 Å². The summed E-state index contributed by atoms with van der Waals surface area (Å²) >= 11 is 0. The topological polar surface area (TPSA) is 56.6 Å². The maximum atomic E-state index is 13.0. The molecule has 2 aromatic rings. The first kappa shape index (κ1) is 18.0. The molecule has 134 valence electrons. The van der Waals surface area contributed by atoms with Crippen LogP contribution in [0.25, 0.3) is 0 Å². The minimum atomic E-state index is -0.0173. The molecule has 1 aliphatic rings. The molecule has 1 atom stereocenters. The lowest BCUT2D eigenvalue weighted by Crippen LogP contribution is -2.31. The molecule has 1 saturated heterocycles. The fraction of sp³-hybridized carbons (Fsp3) is 0.333. The lowest BCUT2D eigenvalue weighted by molar-refractivity contribution is 0.0782. The first-order chi connectivity index (χ1) is 12.6. The third-order valence-corrected chi connectivity index (χ3v) is 4.54. The normalized spacial score (nSPS) is 16.5. The van der Waals surface area contributed by atoms with Crippen molar-refractivity contribution in [3.8, 4) is 17.6 Å². The molecule has 0 bridgehead atoms. The molecule has 5 heteroatoms. The van der Waals surface area contributed by atoms with Crippen molar-refractivity contribution >= 4 is 5.91 Å². The van der Waals surface area contributed by atoms with Crippen LogP contribution in [0, 0.1) is 17.2 Å². The number of benzene rings is 2. The molecular weight excluding hydrogens is 326 g/mol. The molecule has 2 aromatic carbocycles. The van der Waals surface area contributed by atoms with Gasteiger partial charge in [0.1, 0.15) is 17.6 Å². The number of nitrogens with zero attached hydrogens (tertiary/aromatic N) is 3. The third-order valence-electron chi connectivity index (χ3n) is 4.54. The Balaban J connectivity index is 1.79. The number of carbonyl (C=O) groups excluding carboxylic acids is 1. The molecule has 0 spiro atoms. The van der Waals surface area contributed by atoms with Gasteiger partial charge < -0.3 is 14.5 Å². The smallest absolute Gasteiger partial charge is 0.257 e. The van der Waals surface area contributed by atoms with Gasteiger partial charge in [-0.25, -0.2) is 0 Å². The van der Waals surface area contributed by atoms with Crippen LogP contribution in [0.4, 0.5) is 0 Å². The molecule has 0 aromatic heterocycles. The van der Waals surface area contributed by atoms with Crippen molar-refractivity contribution in [2.45, 2.75) is 6.42 Å². The predicted octanol–water partition coefficient (Wildman–Crippen LogP) is 3.37. The van der Waals surface area contributed by atoms with E-state index in [1.807, 2.05) is 23.1 Å². The van der Waals surface area contributed by atoms with E-state index in [0.29, 0.717) is 28.5 Å². The van der Waals surface area contributed by atoms with Gasteiger partial charge in [0.25, 0.3) is 5.91 Å². The molecule has 1 fully saturated rings. The Labute approximate surface area is 154 Å².